The van der Waals surface area contributed by atoms with E-state index in [0.29, 0.717) is 12.0 Å². The average molecular weight is 283 g/mol. The van der Waals surface area contributed by atoms with Crippen LogP contribution in [0.2, 0.25) is 0 Å². The summed E-state index contributed by atoms with van der Waals surface area (Å²) >= 11 is 3.68. The number of fused-ring (bicyclic) bond motifs is 1. The maximum Gasteiger partial charge on any atom is 0.0416 e. The zero-order valence-corrected chi connectivity index (χ0v) is 11.7. The van der Waals surface area contributed by atoms with E-state index in [-0.39, 0.29) is 0 Å². The quantitative estimate of drug-likeness (QED) is 0.917. The van der Waals surface area contributed by atoms with Crippen LogP contribution >= 0.6 is 15.9 Å². The van der Waals surface area contributed by atoms with Crippen molar-refractivity contribution >= 4 is 21.6 Å². The monoisotopic (exact) mass is 282 g/mol. The van der Waals surface area contributed by atoms with E-state index in [2.05, 4.69) is 58.2 Å². The standard InChI is InChI=1S/C13H19BrN2/c1-9(2)16-8-10(7-15-3)13-11(14)5-4-6-12(13)16/h4-6,9-10,15H,7-8H2,1-3H3. The summed E-state index contributed by atoms with van der Waals surface area (Å²) in [5, 5.41) is 3.29. The zero-order valence-electron chi connectivity index (χ0n) is 10.1. The Bertz CT molecular complexity index is 376. The Morgan fingerprint density at radius 2 is 2.25 bits per heavy atom. The van der Waals surface area contributed by atoms with E-state index in [9.17, 15) is 0 Å². The molecule has 0 saturated carbocycles. The summed E-state index contributed by atoms with van der Waals surface area (Å²) in [5.41, 5.74) is 2.86. The SMILES string of the molecule is CNCC1CN(C(C)C)c2cccc(Br)c21. The van der Waals surface area contributed by atoms with Crippen LogP contribution < -0.4 is 10.2 Å². The minimum Gasteiger partial charge on any atom is -0.368 e. The van der Waals surface area contributed by atoms with E-state index in [1.807, 2.05) is 7.05 Å². The summed E-state index contributed by atoms with van der Waals surface area (Å²) in [7, 11) is 2.02. The Morgan fingerprint density at radius 1 is 1.50 bits per heavy atom. The smallest absolute Gasteiger partial charge is 0.0416 e. The van der Waals surface area contributed by atoms with Gasteiger partial charge in [-0.2, -0.15) is 0 Å². The molecule has 0 saturated heterocycles. The molecule has 0 fully saturated rings. The van der Waals surface area contributed by atoms with Gasteiger partial charge >= 0.3 is 0 Å². The third-order valence-electron chi connectivity index (χ3n) is 3.24. The Balaban J connectivity index is 2.40. The second-order valence-corrected chi connectivity index (χ2v) is 5.53. The van der Waals surface area contributed by atoms with Gasteiger partial charge in [0.1, 0.15) is 0 Å². The van der Waals surface area contributed by atoms with Crippen LogP contribution in [0.25, 0.3) is 0 Å². The van der Waals surface area contributed by atoms with Crippen LogP contribution in [0.5, 0.6) is 0 Å². The molecule has 88 valence electrons. The highest BCUT2D eigenvalue weighted by atomic mass is 79.9. The largest absolute Gasteiger partial charge is 0.368 e. The van der Waals surface area contributed by atoms with Gasteiger partial charge in [0.05, 0.1) is 0 Å². The molecule has 1 atom stereocenters. The number of halogens is 1. The first-order valence-corrected chi connectivity index (χ1v) is 6.64. The van der Waals surface area contributed by atoms with Gasteiger partial charge in [-0.3, -0.25) is 0 Å². The number of likely N-dealkylation sites (N-methyl/N-ethyl adjacent to an activating group) is 1. The van der Waals surface area contributed by atoms with Crippen molar-refractivity contribution in [3.63, 3.8) is 0 Å². The van der Waals surface area contributed by atoms with Crippen LogP contribution in [0, 0.1) is 0 Å². The molecule has 1 heterocycles. The maximum absolute atomic E-state index is 3.68. The molecule has 0 bridgehead atoms. The lowest BCUT2D eigenvalue weighted by Crippen LogP contribution is -2.31. The van der Waals surface area contributed by atoms with Crippen LogP contribution in [0.4, 0.5) is 5.69 Å². The predicted molar refractivity (Wildman–Crippen MR) is 73.3 cm³/mol. The third-order valence-corrected chi connectivity index (χ3v) is 3.93. The number of hydrogen-bond acceptors (Lipinski definition) is 2. The van der Waals surface area contributed by atoms with E-state index in [0.717, 1.165) is 13.1 Å². The molecule has 3 heteroatoms. The van der Waals surface area contributed by atoms with Crippen LogP contribution in [0.3, 0.4) is 0 Å². The van der Waals surface area contributed by atoms with Crippen molar-refractivity contribution in [2.45, 2.75) is 25.8 Å². The minimum atomic E-state index is 0.565. The van der Waals surface area contributed by atoms with E-state index in [1.54, 1.807) is 0 Å². The van der Waals surface area contributed by atoms with Gasteiger partial charge in [-0.1, -0.05) is 22.0 Å². The molecule has 1 aliphatic rings. The molecule has 1 aromatic rings. The lowest BCUT2D eigenvalue weighted by Gasteiger charge is -2.24. The fourth-order valence-corrected chi connectivity index (χ4v) is 3.19. The number of benzene rings is 1. The fraction of sp³-hybridized carbons (Fsp3) is 0.538. The lowest BCUT2D eigenvalue weighted by atomic mass is 10.0. The van der Waals surface area contributed by atoms with Crippen LogP contribution in [-0.4, -0.2) is 26.2 Å². The summed E-state index contributed by atoms with van der Waals surface area (Å²) in [4.78, 5) is 2.49. The van der Waals surface area contributed by atoms with Crippen molar-refractivity contribution in [2.75, 3.05) is 25.0 Å². The fourth-order valence-electron chi connectivity index (χ4n) is 2.51. The molecular formula is C13H19BrN2. The normalized spacial score (nSPS) is 19.3. The van der Waals surface area contributed by atoms with Gasteiger partial charge in [-0.15, -0.1) is 0 Å². The van der Waals surface area contributed by atoms with Crippen molar-refractivity contribution in [1.82, 2.24) is 5.32 Å². The van der Waals surface area contributed by atoms with Gasteiger partial charge < -0.3 is 10.2 Å². The molecule has 1 aromatic carbocycles. The lowest BCUT2D eigenvalue weighted by molar-refractivity contribution is 0.610. The molecule has 1 aliphatic heterocycles. The summed E-state index contributed by atoms with van der Waals surface area (Å²) in [5.74, 6) is 0.595. The van der Waals surface area contributed by atoms with E-state index in [4.69, 9.17) is 0 Å². The third kappa shape index (κ3) is 1.98. The second kappa shape index (κ2) is 4.76. The molecule has 1 N–H and O–H groups in total. The van der Waals surface area contributed by atoms with Gasteiger partial charge in [0.2, 0.25) is 0 Å². The number of nitrogens with zero attached hydrogens (tertiary/aromatic N) is 1. The Labute approximate surface area is 106 Å². The van der Waals surface area contributed by atoms with Crippen molar-refractivity contribution in [3.8, 4) is 0 Å². The topological polar surface area (TPSA) is 15.3 Å². The molecule has 0 amide bonds. The highest BCUT2D eigenvalue weighted by molar-refractivity contribution is 9.10. The minimum absolute atomic E-state index is 0.565. The Morgan fingerprint density at radius 3 is 2.88 bits per heavy atom. The van der Waals surface area contributed by atoms with Gasteiger partial charge in [0, 0.05) is 35.2 Å². The molecular weight excluding hydrogens is 264 g/mol. The molecule has 2 rings (SSSR count). The Kier molecular flexibility index (Phi) is 3.55. The van der Waals surface area contributed by atoms with Crippen LogP contribution in [-0.2, 0) is 0 Å². The number of hydrogen-bond donors (Lipinski definition) is 1. The van der Waals surface area contributed by atoms with Crippen molar-refractivity contribution in [3.05, 3.63) is 28.2 Å². The highest BCUT2D eigenvalue weighted by Gasteiger charge is 2.30. The Hall–Kier alpha value is -0.540. The van der Waals surface area contributed by atoms with E-state index >= 15 is 0 Å². The van der Waals surface area contributed by atoms with Crippen molar-refractivity contribution in [1.29, 1.82) is 0 Å². The summed E-state index contributed by atoms with van der Waals surface area (Å²) < 4.78 is 1.24. The molecule has 0 aliphatic carbocycles. The maximum atomic E-state index is 3.68. The molecule has 16 heavy (non-hydrogen) atoms. The van der Waals surface area contributed by atoms with Gasteiger partial charge in [0.25, 0.3) is 0 Å². The second-order valence-electron chi connectivity index (χ2n) is 4.67. The number of nitrogens with one attached hydrogen (secondary N) is 1. The summed E-state index contributed by atoms with van der Waals surface area (Å²) in [6.45, 7) is 6.67. The first-order chi connectivity index (χ1) is 7.65. The van der Waals surface area contributed by atoms with E-state index in [1.165, 1.54) is 15.7 Å². The van der Waals surface area contributed by atoms with Crippen molar-refractivity contribution in [2.24, 2.45) is 0 Å². The predicted octanol–water partition coefficient (Wildman–Crippen LogP) is 2.98. The summed E-state index contributed by atoms with van der Waals surface area (Å²) in [6.07, 6.45) is 0. The number of rotatable bonds is 3. The first-order valence-electron chi connectivity index (χ1n) is 5.84. The first kappa shape index (κ1) is 11.9. The molecule has 1 unspecified atom stereocenters. The van der Waals surface area contributed by atoms with Crippen LogP contribution in [0.15, 0.2) is 22.7 Å². The molecule has 0 spiro atoms. The molecule has 0 radical (unpaired) electrons. The molecule has 2 nitrogen and oxygen atoms in total. The average Bonchev–Trinajstić information content (AvgIpc) is 2.59. The van der Waals surface area contributed by atoms with Gasteiger partial charge in [-0.25, -0.2) is 0 Å². The summed E-state index contributed by atoms with van der Waals surface area (Å²) in [6, 6.07) is 7.07. The number of anilines is 1. The van der Waals surface area contributed by atoms with Gasteiger partial charge in [-0.05, 0) is 38.6 Å². The molecule has 0 aromatic heterocycles. The van der Waals surface area contributed by atoms with Crippen molar-refractivity contribution < 1.29 is 0 Å². The van der Waals surface area contributed by atoms with Gasteiger partial charge in [0.15, 0.2) is 0 Å². The highest BCUT2D eigenvalue weighted by Crippen LogP contribution is 2.41. The van der Waals surface area contributed by atoms with Crippen LogP contribution in [0.1, 0.15) is 25.3 Å². The van der Waals surface area contributed by atoms with E-state index < -0.39 is 0 Å². The zero-order chi connectivity index (χ0) is 11.7.